The fourth-order valence-corrected chi connectivity index (χ4v) is 3.00. The number of morpholine rings is 1. The van der Waals surface area contributed by atoms with E-state index in [4.69, 9.17) is 9.47 Å². The second kappa shape index (κ2) is 5.62. The van der Waals surface area contributed by atoms with E-state index in [1.165, 1.54) is 0 Å². The zero-order valence-corrected chi connectivity index (χ0v) is 13.0. The molecule has 1 fully saturated rings. The summed E-state index contributed by atoms with van der Waals surface area (Å²) in [6, 6.07) is 5.64. The van der Waals surface area contributed by atoms with Crippen LogP contribution in [0.15, 0.2) is 18.2 Å². The number of hydrogen-bond donors (Lipinski definition) is 1. The number of benzene rings is 1. The van der Waals surface area contributed by atoms with E-state index in [2.05, 4.69) is 32.6 Å². The first-order valence-electron chi connectivity index (χ1n) is 7.11. The van der Waals surface area contributed by atoms with Gasteiger partial charge in [0.2, 0.25) is 0 Å². The van der Waals surface area contributed by atoms with Crippen molar-refractivity contribution >= 4 is 0 Å². The molecule has 0 radical (unpaired) electrons. The summed E-state index contributed by atoms with van der Waals surface area (Å²) in [6.07, 6.45) is 0.196. The SMILES string of the molecule is COc1ccc(C(C)N2CC(C)OC(C)(C)C2)c(O)c1. The second-order valence-electron chi connectivity index (χ2n) is 6.22. The van der Waals surface area contributed by atoms with Crippen molar-refractivity contribution in [3.63, 3.8) is 0 Å². The molecule has 1 N–H and O–H groups in total. The Morgan fingerprint density at radius 1 is 1.45 bits per heavy atom. The van der Waals surface area contributed by atoms with Crippen LogP contribution < -0.4 is 4.74 Å². The van der Waals surface area contributed by atoms with Crippen LogP contribution in [-0.2, 0) is 4.74 Å². The first-order chi connectivity index (χ1) is 9.32. The third-order valence-electron chi connectivity index (χ3n) is 3.83. The molecule has 1 aliphatic heterocycles. The fraction of sp³-hybridized carbons (Fsp3) is 0.625. The topological polar surface area (TPSA) is 41.9 Å². The van der Waals surface area contributed by atoms with E-state index in [9.17, 15) is 5.11 Å². The van der Waals surface area contributed by atoms with Crippen molar-refractivity contribution in [1.82, 2.24) is 4.90 Å². The van der Waals surface area contributed by atoms with Crippen molar-refractivity contribution in [3.8, 4) is 11.5 Å². The van der Waals surface area contributed by atoms with Gasteiger partial charge in [-0.2, -0.15) is 0 Å². The lowest BCUT2D eigenvalue weighted by Gasteiger charge is -2.44. The van der Waals surface area contributed by atoms with Crippen molar-refractivity contribution in [2.45, 2.75) is 45.4 Å². The van der Waals surface area contributed by atoms with Crippen LogP contribution in [0.5, 0.6) is 11.5 Å². The summed E-state index contributed by atoms with van der Waals surface area (Å²) < 4.78 is 11.1. The third-order valence-corrected chi connectivity index (χ3v) is 3.83. The summed E-state index contributed by atoms with van der Waals surface area (Å²) in [5, 5.41) is 10.2. The smallest absolute Gasteiger partial charge is 0.124 e. The molecule has 0 saturated carbocycles. The predicted octanol–water partition coefficient (Wildman–Crippen LogP) is 2.96. The van der Waals surface area contributed by atoms with Gasteiger partial charge in [-0.15, -0.1) is 0 Å². The molecule has 0 bridgehead atoms. The molecule has 4 heteroatoms. The minimum Gasteiger partial charge on any atom is -0.507 e. The molecule has 1 aliphatic rings. The quantitative estimate of drug-likeness (QED) is 0.923. The van der Waals surface area contributed by atoms with Crippen LogP contribution in [0.3, 0.4) is 0 Å². The van der Waals surface area contributed by atoms with Gasteiger partial charge >= 0.3 is 0 Å². The maximum atomic E-state index is 10.2. The molecule has 2 rings (SSSR count). The molecule has 2 unspecified atom stereocenters. The van der Waals surface area contributed by atoms with Gasteiger partial charge in [0.15, 0.2) is 0 Å². The minimum absolute atomic E-state index is 0.145. The van der Waals surface area contributed by atoms with Crippen LogP contribution in [0.25, 0.3) is 0 Å². The Morgan fingerprint density at radius 2 is 2.15 bits per heavy atom. The average molecular weight is 279 g/mol. The monoisotopic (exact) mass is 279 g/mol. The van der Waals surface area contributed by atoms with Gasteiger partial charge in [-0.3, -0.25) is 4.90 Å². The standard InChI is InChI=1S/C16H25NO3/c1-11-9-17(10-16(3,4)20-11)12(2)14-7-6-13(19-5)8-15(14)18/h6-8,11-12,18H,9-10H2,1-5H3. The van der Waals surface area contributed by atoms with Crippen molar-refractivity contribution in [3.05, 3.63) is 23.8 Å². The first kappa shape index (κ1) is 15.1. The summed E-state index contributed by atoms with van der Waals surface area (Å²) in [4.78, 5) is 2.36. The normalized spacial score (nSPS) is 24.4. The highest BCUT2D eigenvalue weighted by atomic mass is 16.5. The molecule has 2 atom stereocenters. The predicted molar refractivity (Wildman–Crippen MR) is 79.3 cm³/mol. The molecule has 0 spiro atoms. The Labute approximate surface area is 121 Å². The van der Waals surface area contributed by atoms with Crippen LogP contribution in [0.2, 0.25) is 0 Å². The maximum Gasteiger partial charge on any atom is 0.124 e. The number of hydrogen-bond acceptors (Lipinski definition) is 4. The Bertz CT molecular complexity index is 473. The number of rotatable bonds is 3. The van der Waals surface area contributed by atoms with Crippen molar-refractivity contribution in [2.75, 3.05) is 20.2 Å². The Balaban J connectivity index is 2.20. The highest BCUT2D eigenvalue weighted by Crippen LogP contribution is 2.34. The first-order valence-corrected chi connectivity index (χ1v) is 7.11. The number of methoxy groups -OCH3 is 1. The summed E-state index contributed by atoms with van der Waals surface area (Å²) in [6.45, 7) is 10.1. The van der Waals surface area contributed by atoms with E-state index in [1.54, 1.807) is 13.2 Å². The molecular weight excluding hydrogens is 254 g/mol. The zero-order chi connectivity index (χ0) is 14.9. The van der Waals surface area contributed by atoms with E-state index in [1.807, 2.05) is 12.1 Å². The Morgan fingerprint density at radius 3 is 2.70 bits per heavy atom. The third kappa shape index (κ3) is 3.25. The molecule has 4 nitrogen and oxygen atoms in total. The maximum absolute atomic E-state index is 10.2. The number of phenols is 1. The van der Waals surface area contributed by atoms with Gasteiger partial charge in [0, 0.05) is 30.8 Å². The summed E-state index contributed by atoms with van der Waals surface area (Å²) in [5.74, 6) is 0.961. The van der Waals surface area contributed by atoms with Crippen LogP contribution in [0.4, 0.5) is 0 Å². The average Bonchev–Trinajstić information content (AvgIpc) is 2.35. The minimum atomic E-state index is -0.159. The molecule has 20 heavy (non-hydrogen) atoms. The number of aromatic hydroxyl groups is 1. The fourth-order valence-electron chi connectivity index (χ4n) is 3.00. The Kier molecular flexibility index (Phi) is 4.25. The highest BCUT2D eigenvalue weighted by Gasteiger charge is 2.34. The van der Waals surface area contributed by atoms with Gasteiger partial charge in [-0.25, -0.2) is 0 Å². The number of nitrogens with zero attached hydrogens (tertiary/aromatic N) is 1. The van der Waals surface area contributed by atoms with E-state index >= 15 is 0 Å². The van der Waals surface area contributed by atoms with Crippen molar-refractivity contribution in [1.29, 1.82) is 0 Å². The lowest BCUT2D eigenvalue weighted by atomic mass is 9.99. The molecule has 1 aromatic carbocycles. The molecule has 0 aromatic heterocycles. The largest absolute Gasteiger partial charge is 0.507 e. The van der Waals surface area contributed by atoms with Crippen molar-refractivity contribution < 1.29 is 14.6 Å². The van der Waals surface area contributed by atoms with Gasteiger partial charge in [-0.1, -0.05) is 6.07 Å². The zero-order valence-electron chi connectivity index (χ0n) is 13.0. The summed E-state index contributed by atoms with van der Waals surface area (Å²) in [7, 11) is 1.60. The van der Waals surface area contributed by atoms with Gasteiger partial charge < -0.3 is 14.6 Å². The highest BCUT2D eigenvalue weighted by molar-refractivity contribution is 5.41. The van der Waals surface area contributed by atoms with Crippen molar-refractivity contribution in [2.24, 2.45) is 0 Å². The summed E-state index contributed by atoms with van der Waals surface area (Å²) in [5.41, 5.74) is 0.768. The molecule has 1 aromatic rings. The molecule has 0 amide bonds. The van der Waals surface area contributed by atoms with Crippen LogP contribution in [-0.4, -0.2) is 41.9 Å². The van der Waals surface area contributed by atoms with Gasteiger partial charge in [0.25, 0.3) is 0 Å². The number of ether oxygens (including phenoxy) is 2. The van der Waals surface area contributed by atoms with Crippen LogP contribution >= 0.6 is 0 Å². The van der Waals surface area contributed by atoms with E-state index in [-0.39, 0.29) is 23.5 Å². The molecule has 112 valence electrons. The molecule has 0 aliphatic carbocycles. The van der Waals surface area contributed by atoms with Crippen LogP contribution in [0.1, 0.15) is 39.3 Å². The van der Waals surface area contributed by atoms with Gasteiger partial charge in [0.1, 0.15) is 11.5 Å². The lowest BCUT2D eigenvalue weighted by Crippen LogP contribution is -2.52. The lowest BCUT2D eigenvalue weighted by molar-refractivity contribution is -0.137. The van der Waals surface area contributed by atoms with E-state index in [0.29, 0.717) is 5.75 Å². The van der Waals surface area contributed by atoms with Gasteiger partial charge in [-0.05, 0) is 33.8 Å². The molecule has 1 heterocycles. The molecular formula is C16H25NO3. The number of phenolic OH excluding ortho intramolecular Hbond substituents is 1. The van der Waals surface area contributed by atoms with Crippen LogP contribution in [0, 0.1) is 0 Å². The van der Waals surface area contributed by atoms with E-state index in [0.717, 1.165) is 18.7 Å². The Hall–Kier alpha value is -1.26. The van der Waals surface area contributed by atoms with E-state index < -0.39 is 0 Å². The van der Waals surface area contributed by atoms with Gasteiger partial charge in [0.05, 0.1) is 18.8 Å². The molecule has 1 saturated heterocycles. The summed E-state index contributed by atoms with van der Waals surface area (Å²) >= 11 is 0. The second-order valence-corrected chi connectivity index (χ2v) is 6.22.